The third-order valence-electron chi connectivity index (χ3n) is 1.01. The molecule has 9 heavy (non-hydrogen) atoms. The van der Waals surface area contributed by atoms with Crippen LogP contribution in [0, 0.1) is 11.3 Å². The predicted molar refractivity (Wildman–Crippen MR) is 37.9 cm³/mol. The van der Waals surface area contributed by atoms with Crippen LogP contribution in [-0.4, -0.2) is 11.5 Å². The molecule has 0 aliphatic heterocycles. The maximum atomic E-state index is 10.7. The zero-order chi connectivity index (χ0) is 7.44. The molecule has 0 atom stereocenters. The van der Waals surface area contributed by atoms with Gasteiger partial charge in [-0.25, -0.2) is 0 Å². The lowest BCUT2D eigenvalue weighted by atomic mass is 10.1. The standard InChI is InChI=1S/C7H13NO/c1-5(2)4-7(9)6(3)8/h5,8H,4H2,1-3H3. The van der Waals surface area contributed by atoms with Crippen LogP contribution in [0.2, 0.25) is 0 Å². The first kappa shape index (κ1) is 8.34. The van der Waals surface area contributed by atoms with Crippen molar-refractivity contribution >= 4 is 11.5 Å². The van der Waals surface area contributed by atoms with Crippen LogP contribution in [0.4, 0.5) is 0 Å². The Kier molecular flexibility index (Phi) is 3.13. The third-order valence-corrected chi connectivity index (χ3v) is 1.01. The Balaban J connectivity index is 3.65. The largest absolute Gasteiger partial charge is 0.302 e. The smallest absolute Gasteiger partial charge is 0.176 e. The van der Waals surface area contributed by atoms with Crippen LogP contribution in [0.5, 0.6) is 0 Å². The topological polar surface area (TPSA) is 40.9 Å². The molecule has 52 valence electrons. The van der Waals surface area contributed by atoms with E-state index in [1.54, 1.807) is 0 Å². The molecule has 0 bridgehead atoms. The van der Waals surface area contributed by atoms with E-state index < -0.39 is 0 Å². The molecule has 0 aromatic rings. The van der Waals surface area contributed by atoms with Crippen LogP contribution in [0.3, 0.4) is 0 Å². The molecule has 0 saturated heterocycles. The van der Waals surface area contributed by atoms with Gasteiger partial charge in [-0.05, 0) is 12.8 Å². The zero-order valence-corrected chi connectivity index (χ0v) is 6.19. The Morgan fingerprint density at radius 2 is 2.00 bits per heavy atom. The summed E-state index contributed by atoms with van der Waals surface area (Å²) in [5, 5.41) is 6.94. The van der Waals surface area contributed by atoms with Gasteiger partial charge in [0.15, 0.2) is 5.78 Å². The van der Waals surface area contributed by atoms with E-state index in [-0.39, 0.29) is 11.5 Å². The Labute approximate surface area is 55.8 Å². The van der Waals surface area contributed by atoms with Gasteiger partial charge in [-0.15, -0.1) is 0 Å². The highest BCUT2D eigenvalue weighted by Gasteiger charge is 2.05. The van der Waals surface area contributed by atoms with Crippen molar-refractivity contribution in [2.45, 2.75) is 27.2 Å². The van der Waals surface area contributed by atoms with E-state index in [0.717, 1.165) is 0 Å². The molecule has 0 aliphatic rings. The average Bonchev–Trinajstić information content (AvgIpc) is 1.63. The van der Waals surface area contributed by atoms with E-state index in [4.69, 9.17) is 5.41 Å². The second kappa shape index (κ2) is 3.38. The molecule has 0 aromatic carbocycles. The first-order valence-corrected chi connectivity index (χ1v) is 3.12. The van der Waals surface area contributed by atoms with E-state index in [9.17, 15) is 4.79 Å². The van der Waals surface area contributed by atoms with Gasteiger partial charge < -0.3 is 5.41 Å². The second-order valence-corrected chi connectivity index (χ2v) is 2.65. The van der Waals surface area contributed by atoms with Gasteiger partial charge in [-0.2, -0.15) is 0 Å². The number of nitrogens with one attached hydrogen (secondary N) is 1. The van der Waals surface area contributed by atoms with Gasteiger partial charge >= 0.3 is 0 Å². The number of hydrogen-bond acceptors (Lipinski definition) is 2. The summed E-state index contributed by atoms with van der Waals surface area (Å²) in [5.74, 6) is 0.336. The Morgan fingerprint density at radius 1 is 1.56 bits per heavy atom. The summed E-state index contributed by atoms with van der Waals surface area (Å²) in [6, 6.07) is 0. The summed E-state index contributed by atoms with van der Waals surface area (Å²) in [5.41, 5.74) is 0.170. The number of ketones is 1. The molecule has 0 unspecified atom stereocenters. The maximum Gasteiger partial charge on any atom is 0.176 e. The molecular formula is C7H13NO. The fourth-order valence-electron chi connectivity index (χ4n) is 0.524. The van der Waals surface area contributed by atoms with E-state index in [1.807, 2.05) is 13.8 Å². The van der Waals surface area contributed by atoms with Crippen LogP contribution in [0.1, 0.15) is 27.2 Å². The van der Waals surface area contributed by atoms with E-state index in [0.29, 0.717) is 12.3 Å². The van der Waals surface area contributed by atoms with Crippen LogP contribution >= 0.6 is 0 Å². The van der Waals surface area contributed by atoms with Crippen LogP contribution < -0.4 is 0 Å². The lowest BCUT2D eigenvalue weighted by Crippen LogP contribution is -2.10. The minimum atomic E-state index is -0.0370. The summed E-state index contributed by atoms with van der Waals surface area (Å²) in [4.78, 5) is 10.7. The molecular weight excluding hydrogens is 114 g/mol. The van der Waals surface area contributed by atoms with Crippen molar-refractivity contribution < 1.29 is 4.79 Å². The molecule has 0 saturated carbocycles. The third kappa shape index (κ3) is 3.88. The van der Waals surface area contributed by atoms with Crippen LogP contribution in [0.25, 0.3) is 0 Å². The lowest BCUT2D eigenvalue weighted by Gasteiger charge is -1.99. The molecule has 0 aromatic heterocycles. The van der Waals surface area contributed by atoms with Crippen molar-refractivity contribution in [2.24, 2.45) is 5.92 Å². The Bertz CT molecular complexity index is 127. The Morgan fingerprint density at radius 3 is 2.11 bits per heavy atom. The fourth-order valence-corrected chi connectivity index (χ4v) is 0.524. The van der Waals surface area contributed by atoms with E-state index >= 15 is 0 Å². The summed E-state index contributed by atoms with van der Waals surface area (Å²) >= 11 is 0. The molecule has 2 nitrogen and oxygen atoms in total. The summed E-state index contributed by atoms with van der Waals surface area (Å²) in [7, 11) is 0. The molecule has 0 radical (unpaired) electrons. The molecule has 0 heterocycles. The van der Waals surface area contributed by atoms with Crippen molar-refractivity contribution in [2.75, 3.05) is 0 Å². The van der Waals surface area contributed by atoms with E-state index in [1.165, 1.54) is 6.92 Å². The molecule has 0 fully saturated rings. The van der Waals surface area contributed by atoms with Gasteiger partial charge in [0.25, 0.3) is 0 Å². The molecule has 0 aliphatic carbocycles. The Hall–Kier alpha value is -0.660. The number of carbonyl (C=O) groups excluding carboxylic acids is 1. The highest BCUT2D eigenvalue weighted by atomic mass is 16.1. The number of carbonyl (C=O) groups is 1. The van der Waals surface area contributed by atoms with Gasteiger partial charge in [0, 0.05) is 6.42 Å². The molecule has 0 amide bonds. The normalized spacial score (nSPS) is 9.78. The minimum absolute atomic E-state index is 0.0370. The first-order chi connectivity index (χ1) is 4.04. The van der Waals surface area contributed by atoms with Crippen molar-refractivity contribution in [3.05, 3.63) is 0 Å². The number of hydrogen-bond donors (Lipinski definition) is 1. The van der Waals surface area contributed by atoms with Crippen molar-refractivity contribution in [3.8, 4) is 0 Å². The monoisotopic (exact) mass is 127 g/mol. The average molecular weight is 127 g/mol. The van der Waals surface area contributed by atoms with Gasteiger partial charge in [-0.3, -0.25) is 4.79 Å². The quantitative estimate of drug-likeness (QED) is 0.575. The van der Waals surface area contributed by atoms with Crippen molar-refractivity contribution in [3.63, 3.8) is 0 Å². The van der Waals surface area contributed by atoms with Crippen LogP contribution in [0.15, 0.2) is 0 Å². The van der Waals surface area contributed by atoms with Crippen LogP contribution in [-0.2, 0) is 4.79 Å². The highest BCUT2D eigenvalue weighted by Crippen LogP contribution is 1.99. The highest BCUT2D eigenvalue weighted by molar-refractivity contribution is 6.37. The number of rotatable bonds is 3. The van der Waals surface area contributed by atoms with E-state index in [2.05, 4.69) is 0 Å². The lowest BCUT2D eigenvalue weighted by molar-refractivity contribution is -0.113. The van der Waals surface area contributed by atoms with Gasteiger partial charge in [0.1, 0.15) is 0 Å². The summed E-state index contributed by atoms with van der Waals surface area (Å²) < 4.78 is 0. The predicted octanol–water partition coefficient (Wildman–Crippen LogP) is 1.64. The van der Waals surface area contributed by atoms with Gasteiger partial charge in [-0.1, -0.05) is 13.8 Å². The minimum Gasteiger partial charge on any atom is -0.302 e. The number of Topliss-reactive ketones (excluding diaryl/α,β-unsaturated/α-hetero) is 1. The summed E-state index contributed by atoms with van der Waals surface area (Å²) in [6.45, 7) is 5.48. The van der Waals surface area contributed by atoms with Gasteiger partial charge in [0.2, 0.25) is 0 Å². The fraction of sp³-hybridized carbons (Fsp3) is 0.714. The maximum absolute atomic E-state index is 10.7. The van der Waals surface area contributed by atoms with Gasteiger partial charge in [0.05, 0.1) is 5.71 Å². The molecule has 0 spiro atoms. The summed E-state index contributed by atoms with van der Waals surface area (Å²) in [6.07, 6.45) is 0.509. The zero-order valence-electron chi connectivity index (χ0n) is 6.19. The SMILES string of the molecule is CC(=N)C(=O)CC(C)C. The van der Waals surface area contributed by atoms with Crippen molar-refractivity contribution in [1.29, 1.82) is 5.41 Å². The van der Waals surface area contributed by atoms with Crippen molar-refractivity contribution in [1.82, 2.24) is 0 Å². The molecule has 1 N–H and O–H groups in total. The first-order valence-electron chi connectivity index (χ1n) is 3.12. The molecule has 2 heteroatoms. The molecule has 0 rings (SSSR count). The second-order valence-electron chi connectivity index (χ2n) is 2.65.